The van der Waals surface area contributed by atoms with Crippen LogP contribution in [0.5, 0.6) is 0 Å². The SMILES string of the molecule is CCn1c(C)cc(C(=O)N2C[C@H]3CC[C@@H]2CN(Cc2c(C)noc2C)C3)c1C. The van der Waals surface area contributed by atoms with Crippen LogP contribution in [0.2, 0.25) is 0 Å². The molecule has 0 N–H and O–H groups in total. The molecule has 2 atom stereocenters. The van der Waals surface area contributed by atoms with E-state index in [2.05, 4.69) is 46.4 Å². The van der Waals surface area contributed by atoms with E-state index in [0.717, 1.165) is 61.9 Å². The molecule has 0 unspecified atom stereocenters. The van der Waals surface area contributed by atoms with E-state index < -0.39 is 0 Å². The Kier molecular flexibility index (Phi) is 5.08. The van der Waals surface area contributed by atoms with Gasteiger partial charge in [-0.15, -0.1) is 0 Å². The first-order chi connectivity index (χ1) is 13.4. The quantitative estimate of drug-likeness (QED) is 0.810. The van der Waals surface area contributed by atoms with Gasteiger partial charge in [-0.1, -0.05) is 5.16 Å². The molecule has 6 nitrogen and oxygen atoms in total. The normalized spacial score (nSPS) is 22.7. The number of piperidine rings is 1. The monoisotopic (exact) mass is 384 g/mol. The second-order valence-corrected chi connectivity index (χ2v) is 8.58. The maximum Gasteiger partial charge on any atom is 0.255 e. The third kappa shape index (κ3) is 3.28. The van der Waals surface area contributed by atoms with Gasteiger partial charge in [0.05, 0.1) is 11.3 Å². The molecule has 0 radical (unpaired) electrons. The molecule has 0 spiro atoms. The van der Waals surface area contributed by atoms with E-state index in [9.17, 15) is 4.79 Å². The maximum atomic E-state index is 13.4. The molecule has 2 aromatic rings. The first-order valence-electron chi connectivity index (χ1n) is 10.5. The number of carbonyl (C=O) groups excluding carboxylic acids is 1. The van der Waals surface area contributed by atoms with E-state index in [4.69, 9.17) is 4.52 Å². The highest BCUT2D eigenvalue weighted by Gasteiger charge is 2.38. The van der Waals surface area contributed by atoms with Gasteiger partial charge in [0.25, 0.3) is 5.91 Å². The summed E-state index contributed by atoms with van der Waals surface area (Å²) in [6.45, 7) is 14.9. The van der Waals surface area contributed by atoms with Gasteiger partial charge in [-0.25, -0.2) is 0 Å². The Balaban J connectivity index is 1.54. The molecular weight excluding hydrogens is 352 g/mol. The molecule has 28 heavy (non-hydrogen) atoms. The van der Waals surface area contributed by atoms with E-state index in [-0.39, 0.29) is 11.9 Å². The van der Waals surface area contributed by atoms with Crippen LogP contribution in [0, 0.1) is 33.6 Å². The van der Waals surface area contributed by atoms with Crippen LogP contribution >= 0.6 is 0 Å². The number of rotatable bonds is 4. The van der Waals surface area contributed by atoms with Crippen LogP contribution in [0.25, 0.3) is 0 Å². The van der Waals surface area contributed by atoms with Crippen molar-refractivity contribution in [3.63, 3.8) is 0 Å². The van der Waals surface area contributed by atoms with E-state index in [1.807, 2.05) is 13.8 Å². The Morgan fingerprint density at radius 1 is 1.18 bits per heavy atom. The third-order valence-electron chi connectivity index (χ3n) is 6.73. The van der Waals surface area contributed by atoms with Crippen molar-refractivity contribution in [3.05, 3.63) is 40.0 Å². The summed E-state index contributed by atoms with van der Waals surface area (Å²) in [4.78, 5) is 18.1. The predicted molar refractivity (Wildman–Crippen MR) is 108 cm³/mol. The molecule has 6 heteroatoms. The van der Waals surface area contributed by atoms with E-state index in [1.165, 1.54) is 17.7 Å². The third-order valence-corrected chi connectivity index (χ3v) is 6.73. The lowest BCUT2D eigenvalue weighted by molar-refractivity contribution is 0.0584. The molecule has 152 valence electrons. The minimum atomic E-state index is 0.210. The first kappa shape index (κ1) is 19.2. The second-order valence-electron chi connectivity index (χ2n) is 8.58. The number of nitrogens with zero attached hydrogens (tertiary/aromatic N) is 4. The fraction of sp³-hybridized carbons (Fsp3) is 0.636. The molecule has 3 aliphatic rings. The number of hydrogen-bond donors (Lipinski definition) is 0. The molecule has 3 saturated heterocycles. The highest BCUT2D eigenvalue weighted by Crippen LogP contribution is 2.31. The van der Waals surface area contributed by atoms with Crippen LogP contribution in [0.15, 0.2) is 10.6 Å². The smallest absolute Gasteiger partial charge is 0.255 e. The number of carbonyl (C=O) groups is 1. The Morgan fingerprint density at radius 2 is 1.96 bits per heavy atom. The highest BCUT2D eigenvalue weighted by molar-refractivity contribution is 5.96. The van der Waals surface area contributed by atoms with Crippen LogP contribution in [-0.4, -0.2) is 51.1 Å². The van der Waals surface area contributed by atoms with Crippen molar-refractivity contribution in [1.82, 2.24) is 19.5 Å². The number of aromatic nitrogens is 2. The molecule has 2 aromatic heterocycles. The molecule has 0 aromatic carbocycles. The fourth-order valence-corrected chi connectivity index (χ4v) is 5.17. The minimum absolute atomic E-state index is 0.210. The number of amides is 1. The zero-order valence-electron chi connectivity index (χ0n) is 17.8. The first-order valence-corrected chi connectivity index (χ1v) is 10.5. The van der Waals surface area contributed by atoms with Gasteiger partial charge in [-0.3, -0.25) is 9.69 Å². The van der Waals surface area contributed by atoms with Crippen LogP contribution in [0.4, 0.5) is 0 Å². The molecule has 3 fully saturated rings. The van der Waals surface area contributed by atoms with Crippen molar-refractivity contribution in [1.29, 1.82) is 0 Å². The largest absolute Gasteiger partial charge is 0.361 e. The molecule has 3 aliphatic heterocycles. The van der Waals surface area contributed by atoms with E-state index in [1.54, 1.807) is 0 Å². The van der Waals surface area contributed by atoms with Crippen LogP contribution in [-0.2, 0) is 13.1 Å². The molecule has 5 heterocycles. The average Bonchev–Trinajstić information content (AvgIpc) is 2.99. The predicted octanol–water partition coefficient (Wildman–Crippen LogP) is 3.47. The Morgan fingerprint density at radius 3 is 2.61 bits per heavy atom. The van der Waals surface area contributed by atoms with Crippen molar-refractivity contribution in [2.45, 2.75) is 66.6 Å². The van der Waals surface area contributed by atoms with Gasteiger partial charge in [-0.2, -0.15) is 0 Å². The minimum Gasteiger partial charge on any atom is -0.361 e. The van der Waals surface area contributed by atoms with Gasteiger partial charge in [0.2, 0.25) is 0 Å². The topological polar surface area (TPSA) is 54.5 Å². The van der Waals surface area contributed by atoms with Gasteiger partial charge in [-0.05, 0) is 59.4 Å². The second kappa shape index (κ2) is 7.39. The number of fused-ring (bicyclic) bond motifs is 4. The van der Waals surface area contributed by atoms with Crippen molar-refractivity contribution < 1.29 is 9.32 Å². The van der Waals surface area contributed by atoms with E-state index >= 15 is 0 Å². The van der Waals surface area contributed by atoms with Crippen LogP contribution < -0.4 is 0 Å². The summed E-state index contributed by atoms with van der Waals surface area (Å²) in [6, 6.07) is 2.36. The lowest BCUT2D eigenvalue weighted by Crippen LogP contribution is -2.47. The zero-order valence-corrected chi connectivity index (χ0v) is 17.8. The summed E-state index contributed by atoms with van der Waals surface area (Å²) in [7, 11) is 0. The lowest BCUT2D eigenvalue weighted by atomic mass is 9.94. The Bertz CT molecular complexity index is 862. The van der Waals surface area contributed by atoms with Gasteiger partial charge < -0.3 is 14.0 Å². The van der Waals surface area contributed by atoms with Crippen LogP contribution in [0.3, 0.4) is 0 Å². The Hall–Kier alpha value is -2.08. The zero-order chi connectivity index (χ0) is 20.0. The maximum absolute atomic E-state index is 13.4. The number of hydrogen-bond acceptors (Lipinski definition) is 4. The molecule has 5 rings (SSSR count). The summed E-state index contributed by atoms with van der Waals surface area (Å²) < 4.78 is 7.58. The van der Waals surface area contributed by atoms with Gasteiger partial charge in [0.1, 0.15) is 5.76 Å². The fourth-order valence-electron chi connectivity index (χ4n) is 5.17. The summed E-state index contributed by atoms with van der Waals surface area (Å²) in [5, 5.41) is 4.10. The van der Waals surface area contributed by atoms with Gasteiger partial charge >= 0.3 is 0 Å². The highest BCUT2D eigenvalue weighted by atomic mass is 16.5. The molecule has 0 saturated carbocycles. The van der Waals surface area contributed by atoms with Crippen molar-refractivity contribution in [3.8, 4) is 0 Å². The molecule has 2 bridgehead atoms. The van der Waals surface area contributed by atoms with Gasteiger partial charge in [0.15, 0.2) is 0 Å². The van der Waals surface area contributed by atoms with Crippen molar-refractivity contribution in [2.75, 3.05) is 19.6 Å². The Labute approximate surface area is 167 Å². The summed E-state index contributed by atoms with van der Waals surface area (Å²) in [5.74, 6) is 1.66. The molecule has 1 amide bonds. The molecule has 0 aliphatic carbocycles. The standard InChI is InChI=1S/C22H32N4O2/c1-6-25-14(2)9-20(16(25)4)22(27)26-11-18-7-8-19(26)12-24(10-18)13-21-15(3)23-28-17(21)5/h9,18-19H,6-8,10-13H2,1-5H3/t18-,19+/m0/s1. The summed E-state index contributed by atoms with van der Waals surface area (Å²) in [5.41, 5.74) is 5.32. The van der Waals surface area contributed by atoms with E-state index in [0.29, 0.717) is 5.92 Å². The van der Waals surface area contributed by atoms with Crippen LogP contribution in [0.1, 0.15) is 58.5 Å². The van der Waals surface area contributed by atoms with Gasteiger partial charge in [0, 0.05) is 55.7 Å². The molecular formula is C22H32N4O2. The summed E-state index contributed by atoms with van der Waals surface area (Å²) >= 11 is 0. The number of aryl methyl sites for hydroxylation is 3. The van der Waals surface area contributed by atoms with Crippen molar-refractivity contribution >= 4 is 5.91 Å². The average molecular weight is 385 g/mol. The summed E-state index contributed by atoms with van der Waals surface area (Å²) in [6.07, 6.45) is 2.31. The lowest BCUT2D eigenvalue weighted by Gasteiger charge is -2.36. The van der Waals surface area contributed by atoms with Crippen molar-refractivity contribution in [2.24, 2.45) is 5.92 Å².